The van der Waals surface area contributed by atoms with Crippen molar-refractivity contribution < 1.29 is 4.74 Å². The Morgan fingerprint density at radius 3 is 2.82 bits per heavy atom. The summed E-state index contributed by atoms with van der Waals surface area (Å²) in [6.07, 6.45) is 0. The number of alkyl halides is 1. The fourth-order valence-electron chi connectivity index (χ4n) is 0.606. The van der Waals surface area contributed by atoms with Gasteiger partial charge in [-0.05, 0) is 0 Å². The molecular formula is C6H6Cl2N2O. The molecule has 0 unspecified atom stereocenters. The number of methoxy groups -OCH3 is 1. The summed E-state index contributed by atoms with van der Waals surface area (Å²) in [5, 5.41) is 0.340. The molecule has 60 valence electrons. The molecular weight excluding hydrogens is 187 g/mol. The summed E-state index contributed by atoms with van der Waals surface area (Å²) in [4.78, 5) is 7.76. The fraction of sp³-hybridized carbons (Fsp3) is 0.333. The Morgan fingerprint density at radius 2 is 2.27 bits per heavy atom. The summed E-state index contributed by atoms with van der Waals surface area (Å²) in [6, 6.07) is 1.53. The van der Waals surface area contributed by atoms with Gasteiger partial charge in [0.1, 0.15) is 11.0 Å². The second kappa shape index (κ2) is 3.74. The van der Waals surface area contributed by atoms with Crippen LogP contribution in [0.2, 0.25) is 5.15 Å². The lowest BCUT2D eigenvalue weighted by atomic mass is 10.6. The van der Waals surface area contributed by atoms with E-state index in [2.05, 4.69) is 9.97 Å². The maximum Gasteiger partial charge on any atom is 0.217 e. The van der Waals surface area contributed by atoms with Crippen molar-refractivity contribution in [2.75, 3.05) is 7.11 Å². The molecule has 0 saturated carbocycles. The van der Waals surface area contributed by atoms with E-state index in [1.54, 1.807) is 0 Å². The van der Waals surface area contributed by atoms with E-state index in [9.17, 15) is 0 Å². The molecule has 0 fully saturated rings. The highest BCUT2D eigenvalue weighted by molar-refractivity contribution is 6.29. The van der Waals surface area contributed by atoms with Gasteiger partial charge in [-0.1, -0.05) is 11.6 Å². The monoisotopic (exact) mass is 192 g/mol. The van der Waals surface area contributed by atoms with Crippen molar-refractivity contribution in [3.05, 3.63) is 17.0 Å². The summed E-state index contributed by atoms with van der Waals surface area (Å²) in [5.41, 5.74) is 0. The van der Waals surface area contributed by atoms with Crippen molar-refractivity contribution in [3.8, 4) is 5.88 Å². The Kier molecular flexibility index (Phi) is 2.91. The highest BCUT2D eigenvalue weighted by atomic mass is 35.5. The summed E-state index contributed by atoms with van der Waals surface area (Å²) in [5.74, 6) is 1.13. The molecule has 1 heterocycles. The van der Waals surface area contributed by atoms with Crippen LogP contribution in [-0.2, 0) is 5.88 Å². The number of hydrogen-bond donors (Lipinski definition) is 0. The Bertz CT molecular complexity index is 232. The smallest absolute Gasteiger partial charge is 0.217 e. The lowest BCUT2D eigenvalue weighted by Gasteiger charge is -1.99. The SMILES string of the molecule is COc1cc(Cl)nc(CCl)n1. The van der Waals surface area contributed by atoms with Gasteiger partial charge in [-0.15, -0.1) is 11.6 Å². The minimum atomic E-state index is 0.233. The summed E-state index contributed by atoms with van der Waals surface area (Å²) >= 11 is 11.1. The Hall–Kier alpha value is -0.540. The highest BCUT2D eigenvalue weighted by Gasteiger charge is 2.00. The van der Waals surface area contributed by atoms with Gasteiger partial charge >= 0.3 is 0 Å². The van der Waals surface area contributed by atoms with E-state index in [-0.39, 0.29) is 5.88 Å². The quantitative estimate of drug-likeness (QED) is 0.531. The van der Waals surface area contributed by atoms with Gasteiger partial charge in [-0.3, -0.25) is 0 Å². The van der Waals surface area contributed by atoms with Gasteiger partial charge in [0.2, 0.25) is 5.88 Å². The summed E-state index contributed by atoms with van der Waals surface area (Å²) in [6.45, 7) is 0. The van der Waals surface area contributed by atoms with Crippen LogP contribution in [0.4, 0.5) is 0 Å². The van der Waals surface area contributed by atoms with Crippen LogP contribution in [0.15, 0.2) is 6.07 Å². The molecule has 11 heavy (non-hydrogen) atoms. The standard InChI is InChI=1S/C6H6Cl2N2O/c1-11-6-2-4(8)9-5(3-7)10-6/h2H,3H2,1H3. The maximum absolute atomic E-state index is 5.62. The first kappa shape index (κ1) is 8.56. The molecule has 0 radical (unpaired) electrons. The zero-order chi connectivity index (χ0) is 8.27. The lowest BCUT2D eigenvalue weighted by Crippen LogP contribution is -1.95. The zero-order valence-corrected chi connectivity index (χ0v) is 7.35. The van der Waals surface area contributed by atoms with E-state index in [0.29, 0.717) is 16.9 Å². The first-order valence-corrected chi connectivity index (χ1v) is 3.81. The van der Waals surface area contributed by atoms with Crippen LogP contribution in [-0.4, -0.2) is 17.1 Å². The molecule has 0 saturated heterocycles. The third-order valence-electron chi connectivity index (χ3n) is 1.05. The van der Waals surface area contributed by atoms with Crippen molar-refractivity contribution in [3.63, 3.8) is 0 Å². The second-order valence-corrected chi connectivity index (χ2v) is 2.44. The Balaban J connectivity index is 3.02. The van der Waals surface area contributed by atoms with Crippen LogP contribution in [0, 0.1) is 0 Å². The highest BCUT2D eigenvalue weighted by Crippen LogP contribution is 2.13. The van der Waals surface area contributed by atoms with Crippen LogP contribution in [0.1, 0.15) is 5.82 Å². The largest absolute Gasteiger partial charge is 0.481 e. The number of aromatic nitrogens is 2. The predicted molar refractivity (Wildman–Crippen MR) is 43.2 cm³/mol. The average Bonchev–Trinajstić information content (AvgIpc) is 2.03. The van der Waals surface area contributed by atoms with E-state index in [1.165, 1.54) is 13.2 Å². The van der Waals surface area contributed by atoms with E-state index in [4.69, 9.17) is 27.9 Å². The van der Waals surface area contributed by atoms with Crippen molar-refractivity contribution in [2.45, 2.75) is 5.88 Å². The minimum absolute atomic E-state index is 0.233. The lowest BCUT2D eigenvalue weighted by molar-refractivity contribution is 0.395. The van der Waals surface area contributed by atoms with Crippen LogP contribution >= 0.6 is 23.2 Å². The first-order valence-electron chi connectivity index (χ1n) is 2.89. The van der Waals surface area contributed by atoms with Gasteiger partial charge in [0.15, 0.2) is 0 Å². The normalized spacial score (nSPS) is 9.73. The van der Waals surface area contributed by atoms with Gasteiger partial charge in [-0.2, -0.15) is 4.98 Å². The Morgan fingerprint density at radius 1 is 1.55 bits per heavy atom. The molecule has 1 aromatic rings. The fourth-order valence-corrected chi connectivity index (χ4v) is 0.917. The molecule has 0 amide bonds. The number of ether oxygens (including phenoxy) is 1. The maximum atomic E-state index is 5.62. The van der Waals surface area contributed by atoms with E-state index >= 15 is 0 Å². The number of nitrogens with zero attached hydrogens (tertiary/aromatic N) is 2. The van der Waals surface area contributed by atoms with Gasteiger partial charge < -0.3 is 4.74 Å². The summed E-state index contributed by atoms with van der Waals surface area (Å²) < 4.78 is 4.84. The van der Waals surface area contributed by atoms with E-state index in [0.717, 1.165) is 0 Å². The average molecular weight is 193 g/mol. The van der Waals surface area contributed by atoms with Gasteiger partial charge in [0.05, 0.1) is 13.0 Å². The number of rotatable bonds is 2. The molecule has 1 aromatic heterocycles. The van der Waals surface area contributed by atoms with Gasteiger partial charge in [0, 0.05) is 6.07 Å². The van der Waals surface area contributed by atoms with Crippen molar-refractivity contribution in [1.82, 2.24) is 9.97 Å². The molecule has 0 aliphatic carbocycles. The molecule has 0 bridgehead atoms. The van der Waals surface area contributed by atoms with Crippen LogP contribution in [0.5, 0.6) is 5.88 Å². The zero-order valence-electron chi connectivity index (χ0n) is 5.84. The van der Waals surface area contributed by atoms with Crippen molar-refractivity contribution >= 4 is 23.2 Å². The van der Waals surface area contributed by atoms with E-state index in [1.807, 2.05) is 0 Å². The molecule has 0 aromatic carbocycles. The van der Waals surface area contributed by atoms with Crippen molar-refractivity contribution in [2.24, 2.45) is 0 Å². The number of halogens is 2. The molecule has 0 atom stereocenters. The van der Waals surface area contributed by atoms with Crippen LogP contribution < -0.4 is 4.74 Å². The van der Waals surface area contributed by atoms with Gasteiger partial charge in [0.25, 0.3) is 0 Å². The molecule has 0 spiro atoms. The third-order valence-corrected chi connectivity index (χ3v) is 1.48. The van der Waals surface area contributed by atoms with Crippen LogP contribution in [0.3, 0.4) is 0 Å². The third kappa shape index (κ3) is 2.20. The minimum Gasteiger partial charge on any atom is -0.481 e. The molecule has 0 aliphatic heterocycles. The molecule has 5 heteroatoms. The van der Waals surface area contributed by atoms with Crippen LogP contribution in [0.25, 0.3) is 0 Å². The molecule has 0 aliphatic rings. The summed E-state index contributed by atoms with van der Waals surface area (Å²) in [7, 11) is 1.51. The predicted octanol–water partition coefficient (Wildman–Crippen LogP) is 1.88. The molecule has 3 nitrogen and oxygen atoms in total. The van der Waals surface area contributed by atoms with E-state index < -0.39 is 0 Å². The molecule has 0 N–H and O–H groups in total. The van der Waals surface area contributed by atoms with Gasteiger partial charge in [-0.25, -0.2) is 4.98 Å². The van der Waals surface area contributed by atoms with Crippen molar-refractivity contribution in [1.29, 1.82) is 0 Å². The number of hydrogen-bond acceptors (Lipinski definition) is 3. The molecule has 1 rings (SSSR count). The Labute approximate surface area is 74.3 Å². The second-order valence-electron chi connectivity index (χ2n) is 1.78. The first-order chi connectivity index (χ1) is 5.26. The topological polar surface area (TPSA) is 35.0 Å².